The molecule has 7 heteroatoms. The number of amides is 1. The summed E-state index contributed by atoms with van der Waals surface area (Å²) < 4.78 is 5.49. The molecule has 30 heavy (non-hydrogen) atoms. The monoisotopic (exact) mass is 406 g/mol. The largest absolute Gasteiger partial charge is 0.379 e. The lowest BCUT2D eigenvalue weighted by atomic mass is 10.0. The fraction of sp³-hybridized carbons (Fsp3) is 0.348. The smallest absolute Gasteiger partial charge is 0.256 e. The predicted molar refractivity (Wildman–Crippen MR) is 116 cm³/mol. The number of benzene rings is 1. The SMILES string of the molecule is Cc1cccc(C(CNC(=O)c2c[nH]c3nc(C)ccc3c2=O)N2CCOCC2)c1. The number of nitrogens with one attached hydrogen (secondary N) is 2. The fourth-order valence-electron chi connectivity index (χ4n) is 3.88. The van der Waals surface area contributed by atoms with E-state index in [1.807, 2.05) is 13.0 Å². The molecule has 0 spiro atoms. The predicted octanol–water partition coefficient (Wildman–Crippen LogP) is 2.34. The van der Waals surface area contributed by atoms with Crippen molar-refractivity contribution in [2.75, 3.05) is 32.8 Å². The Bertz CT molecular complexity index is 1120. The van der Waals surface area contributed by atoms with Gasteiger partial charge in [-0.05, 0) is 31.5 Å². The highest BCUT2D eigenvalue weighted by molar-refractivity contribution is 5.96. The molecule has 2 aromatic heterocycles. The molecular formula is C23H26N4O3. The number of pyridine rings is 2. The molecule has 0 saturated carbocycles. The molecule has 1 amide bonds. The van der Waals surface area contributed by atoms with Gasteiger partial charge in [-0.1, -0.05) is 29.8 Å². The first-order chi connectivity index (χ1) is 14.5. The zero-order valence-electron chi connectivity index (χ0n) is 17.3. The molecule has 0 bridgehead atoms. The maximum absolute atomic E-state index is 12.9. The number of aromatic nitrogens is 2. The highest BCUT2D eigenvalue weighted by Gasteiger charge is 2.24. The zero-order valence-corrected chi connectivity index (χ0v) is 17.3. The first kappa shape index (κ1) is 20.3. The molecule has 1 atom stereocenters. The molecular weight excluding hydrogens is 380 g/mol. The zero-order chi connectivity index (χ0) is 21.1. The van der Waals surface area contributed by atoms with E-state index in [4.69, 9.17) is 4.74 Å². The average Bonchev–Trinajstić information content (AvgIpc) is 2.75. The summed E-state index contributed by atoms with van der Waals surface area (Å²) in [5.74, 6) is -0.385. The lowest BCUT2D eigenvalue weighted by Gasteiger charge is -2.35. The second-order valence-electron chi connectivity index (χ2n) is 7.67. The number of H-pyrrole nitrogens is 1. The quantitative estimate of drug-likeness (QED) is 0.679. The molecule has 7 nitrogen and oxygen atoms in total. The van der Waals surface area contributed by atoms with E-state index in [2.05, 4.69) is 45.3 Å². The van der Waals surface area contributed by atoms with Crippen molar-refractivity contribution in [3.05, 3.63) is 75.2 Å². The van der Waals surface area contributed by atoms with Gasteiger partial charge in [0.05, 0.1) is 24.6 Å². The van der Waals surface area contributed by atoms with E-state index in [1.165, 1.54) is 11.8 Å². The van der Waals surface area contributed by atoms with E-state index in [-0.39, 0.29) is 22.9 Å². The summed E-state index contributed by atoms with van der Waals surface area (Å²) in [6.45, 7) is 7.27. The van der Waals surface area contributed by atoms with Gasteiger partial charge in [-0.25, -0.2) is 4.98 Å². The van der Waals surface area contributed by atoms with Crippen molar-refractivity contribution in [1.29, 1.82) is 0 Å². The Morgan fingerprint density at radius 2 is 2.03 bits per heavy atom. The van der Waals surface area contributed by atoms with Gasteiger partial charge < -0.3 is 15.0 Å². The van der Waals surface area contributed by atoms with Crippen LogP contribution in [0.4, 0.5) is 0 Å². The molecule has 1 aliphatic rings. The van der Waals surface area contributed by atoms with Crippen LogP contribution >= 0.6 is 0 Å². The number of hydrogen-bond donors (Lipinski definition) is 2. The minimum Gasteiger partial charge on any atom is -0.379 e. The van der Waals surface area contributed by atoms with Crippen LogP contribution in [0.25, 0.3) is 11.0 Å². The number of aryl methyl sites for hydroxylation is 2. The van der Waals surface area contributed by atoms with Crippen LogP contribution in [-0.2, 0) is 4.74 Å². The minimum atomic E-state index is -0.385. The molecule has 1 unspecified atom stereocenters. The first-order valence-electron chi connectivity index (χ1n) is 10.2. The summed E-state index contributed by atoms with van der Waals surface area (Å²) in [5, 5.41) is 3.38. The molecule has 4 rings (SSSR count). The third kappa shape index (κ3) is 4.27. The Balaban J connectivity index is 1.56. The lowest BCUT2D eigenvalue weighted by molar-refractivity contribution is 0.0162. The van der Waals surface area contributed by atoms with Crippen LogP contribution in [0.15, 0.2) is 47.4 Å². The number of carbonyl (C=O) groups is 1. The Labute approximate surface area is 175 Å². The number of nitrogens with zero attached hydrogens (tertiary/aromatic N) is 2. The van der Waals surface area contributed by atoms with Gasteiger partial charge in [0.15, 0.2) is 0 Å². The number of fused-ring (bicyclic) bond motifs is 1. The molecule has 0 radical (unpaired) electrons. The standard InChI is InChI=1S/C23H26N4O3/c1-15-4-3-5-17(12-15)20(27-8-10-30-11-9-27)14-25-23(29)19-13-24-22-18(21(19)28)7-6-16(2)26-22/h3-7,12-13,20H,8-11,14H2,1-2H3,(H,25,29)(H,24,26,28). The van der Waals surface area contributed by atoms with Gasteiger partial charge in [0.2, 0.25) is 5.43 Å². The summed E-state index contributed by atoms with van der Waals surface area (Å²) in [7, 11) is 0. The molecule has 3 heterocycles. The number of aromatic amines is 1. The number of morpholine rings is 1. The van der Waals surface area contributed by atoms with Crippen LogP contribution in [0.2, 0.25) is 0 Å². The molecule has 156 valence electrons. The molecule has 1 saturated heterocycles. The number of ether oxygens (including phenoxy) is 1. The highest BCUT2D eigenvalue weighted by atomic mass is 16.5. The van der Waals surface area contributed by atoms with Crippen molar-refractivity contribution in [3.63, 3.8) is 0 Å². The lowest BCUT2D eigenvalue weighted by Crippen LogP contribution is -2.44. The molecule has 1 aromatic carbocycles. The number of carbonyl (C=O) groups excluding carboxylic acids is 1. The van der Waals surface area contributed by atoms with Crippen LogP contribution in [0.5, 0.6) is 0 Å². The molecule has 3 aromatic rings. The second kappa shape index (κ2) is 8.77. The number of rotatable bonds is 5. The van der Waals surface area contributed by atoms with Gasteiger partial charge in [0.1, 0.15) is 11.2 Å². The van der Waals surface area contributed by atoms with Gasteiger partial charge >= 0.3 is 0 Å². The molecule has 2 N–H and O–H groups in total. The fourth-order valence-corrected chi connectivity index (χ4v) is 3.88. The molecule has 1 fully saturated rings. The van der Waals surface area contributed by atoms with Crippen LogP contribution in [-0.4, -0.2) is 53.6 Å². The third-order valence-electron chi connectivity index (χ3n) is 5.49. The summed E-state index contributed by atoms with van der Waals surface area (Å²) in [4.78, 5) is 35.3. The third-order valence-corrected chi connectivity index (χ3v) is 5.49. The van der Waals surface area contributed by atoms with Crippen molar-refractivity contribution < 1.29 is 9.53 Å². The van der Waals surface area contributed by atoms with E-state index in [1.54, 1.807) is 12.1 Å². The summed E-state index contributed by atoms with van der Waals surface area (Å²) in [6.07, 6.45) is 1.45. The maximum Gasteiger partial charge on any atom is 0.256 e. The molecule has 0 aliphatic carbocycles. The van der Waals surface area contributed by atoms with Crippen molar-refractivity contribution in [3.8, 4) is 0 Å². The summed E-state index contributed by atoms with van der Waals surface area (Å²) in [5.41, 5.74) is 3.39. The van der Waals surface area contributed by atoms with Gasteiger partial charge in [0.25, 0.3) is 5.91 Å². The Morgan fingerprint density at radius 1 is 1.23 bits per heavy atom. The highest BCUT2D eigenvalue weighted by Crippen LogP contribution is 2.22. The van der Waals surface area contributed by atoms with E-state index in [0.29, 0.717) is 30.8 Å². The van der Waals surface area contributed by atoms with E-state index in [0.717, 1.165) is 24.3 Å². The normalized spacial score (nSPS) is 15.8. The van der Waals surface area contributed by atoms with Crippen molar-refractivity contribution >= 4 is 16.9 Å². The topological polar surface area (TPSA) is 87.3 Å². The average molecular weight is 406 g/mol. The van der Waals surface area contributed by atoms with Gasteiger partial charge in [-0.15, -0.1) is 0 Å². The van der Waals surface area contributed by atoms with Crippen molar-refractivity contribution in [1.82, 2.24) is 20.2 Å². The summed E-state index contributed by atoms with van der Waals surface area (Å²) >= 11 is 0. The molecule has 1 aliphatic heterocycles. The van der Waals surface area contributed by atoms with Crippen LogP contribution in [0, 0.1) is 13.8 Å². The number of hydrogen-bond acceptors (Lipinski definition) is 5. The Kier molecular flexibility index (Phi) is 5.92. The van der Waals surface area contributed by atoms with Gasteiger partial charge in [-0.3, -0.25) is 14.5 Å². The Hall–Kier alpha value is -3.03. The second-order valence-corrected chi connectivity index (χ2v) is 7.67. The van der Waals surface area contributed by atoms with Crippen molar-refractivity contribution in [2.24, 2.45) is 0 Å². The van der Waals surface area contributed by atoms with Crippen molar-refractivity contribution in [2.45, 2.75) is 19.9 Å². The summed E-state index contributed by atoms with van der Waals surface area (Å²) in [6, 6.07) is 11.8. The van der Waals surface area contributed by atoms with Crippen LogP contribution in [0.3, 0.4) is 0 Å². The van der Waals surface area contributed by atoms with Gasteiger partial charge in [-0.2, -0.15) is 0 Å². The van der Waals surface area contributed by atoms with Crippen LogP contribution < -0.4 is 10.7 Å². The van der Waals surface area contributed by atoms with E-state index >= 15 is 0 Å². The van der Waals surface area contributed by atoms with E-state index < -0.39 is 0 Å². The van der Waals surface area contributed by atoms with E-state index in [9.17, 15) is 9.59 Å². The Morgan fingerprint density at radius 3 is 2.80 bits per heavy atom. The minimum absolute atomic E-state index is 0.0154. The van der Waals surface area contributed by atoms with Gasteiger partial charge in [0, 0.05) is 31.5 Å². The van der Waals surface area contributed by atoms with Crippen LogP contribution in [0.1, 0.15) is 33.2 Å². The first-order valence-corrected chi connectivity index (χ1v) is 10.2. The maximum atomic E-state index is 12.9.